The summed E-state index contributed by atoms with van der Waals surface area (Å²) in [6.45, 7) is 5.35. The molecule has 2 aromatic carbocycles. The van der Waals surface area contributed by atoms with E-state index in [0.29, 0.717) is 11.3 Å². The van der Waals surface area contributed by atoms with Crippen LogP contribution in [-0.4, -0.2) is 37.3 Å². The van der Waals surface area contributed by atoms with Crippen molar-refractivity contribution in [2.24, 2.45) is 0 Å². The zero-order valence-electron chi connectivity index (χ0n) is 16.5. The highest BCUT2D eigenvalue weighted by atomic mass is 32.2. The first kappa shape index (κ1) is 21.1. The van der Waals surface area contributed by atoms with E-state index in [1.165, 1.54) is 22.8 Å². The van der Waals surface area contributed by atoms with E-state index in [-0.39, 0.29) is 29.7 Å². The van der Waals surface area contributed by atoms with Gasteiger partial charge in [0, 0.05) is 18.7 Å². The van der Waals surface area contributed by atoms with Gasteiger partial charge in [-0.05, 0) is 45.0 Å². The molecule has 3 rings (SSSR count). The van der Waals surface area contributed by atoms with Crippen LogP contribution >= 0.6 is 0 Å². The highest BCUT2D eigenvalue weighted by Gasteiger charge is 2.19. The molecular weight excluding hydrogens is 396 g/mol. The van der Waals surface area contributed by atoms with Crippen molar-refractivity contribution >= 4 is 21.1 Å². The standard InChI is InChI=1S/C20H24N2O6S/c1-13(2)22-18-9-8-17(10-19(18)28-20(22)24)29(25,26)21-11-15(23)12-27-16-6-4-14(3)5-7-16/h4-10,13,15,21,23H,11-12H2,1-3H3. The van der Waals surface area contributed by atoms with E-state index < -0.39 is 21.9 Å². The molecule has 3 aromatic rings. The van der Waals surface area contributed by atoms with Crippen LogP contribution in [0.25, 0.3) is 11.1 Å². The molecule has 0 aliphatic carbocycles. The Bertz CT molecular complexity index is 1150. The van der Waals surface area contributed by atoms with Crippen LogP contribution in [0.5, 0.6) is 5.75 Å². The lowest BCUT2D eigenvalue weighted by Gasteiger charge is -2.14. The molecule has 1 heterocycles. The van der Waals surface area contributed by atoms with Crippen molar-refractivity contribution in [2.45, 2.75) is 37.8 Å². The number of ether oxygens (including phenoxy) is 1. The number of hydrogen-bond donors (Lipinski definition) is 2. The van der Waals surface area contributed by atoms with Gasteiger partial charge in [-0.2, -0.15) is 0 Å². The number of aliphatic hydroxyl groups excluding tert-OH is 1. The predicted molar refractivity (Wildman–Crippen MR) is 109 cm³/mol. The number of oxazole rings is 1. The number of nitrogens with zero attached hydrogens (tertiary/aromatic N) is 1. The van der Waals surface area contributed by atoms with Crippen molar-refractivity contribution in [3.63, 3.8) is 0 Å². The Labute approximate surface area is 168 Å². The maximum absolute atomic E-state index is 12.5. The fourth-order valence-corrected chi connectivity index (χ4v) is 3.94. The average molecular weight is 420 g/mol. The molecule has 0 bridgehead atoms. The topological polar surface area (TPSA) is 111 Å². The number of hydrogen-bond acceptors (Lipinski definition) is 6. The monoisotopic (exact) mass is 420 g/mol. The summed E-state index contributed by atoms with van der Waals surface area (Å²) in [6, 6.07) is 11.4. The molecule has 0 radical (unpaired) electrons. The Morgan fingerprint density at radius 2 is 1.86 bits per heavy atom. The van der Waals surface area contributed by atoms with Gasteiger partial charge in [0.05, 0.1) is 10.4 Å². The largest absolute Gasteiger partial charge is 0.491 e. The molecule has 1 atom stereocenters. The molecule has 0 fully saturated rings. The Hall–Kier alpha value is -2.62. The molecule has 1 aromatic heterocycles. The van der Waals surface area contributed by atoms with Gasteiger partial charge in [-0.3, -0.25) is 4.57 Å². The summed E-state index contributed by atoms with van der Waals surface area (Å²) in [7, 11) is -3.90. The minimum atomic E-state index is -3.90. The van der Waals surface area contributed by atoms with Crippen LogP contribution in [0.2, 0.25) is 0 Å². The fraction of sp³-hybridized carbons (Fsp3) is 0.350. The van der Waals surface area contributed by atoms with Gasteiger partial charge >= 0.3 is 5.76 Å². The number of rotatable bonds is 8. The summed E-state index contributed by atoms with van der Waals surface area (Å²) in [5.74, 6) is 0.0498. The third-order valence-electron chi connectivity index (χ3n) is 4.38. The molecule has 156 valence electrons. The smallest absolute Gasteiger partial charge is 0.420 e. The van der Waals surface area contributed by atoms with Crippen molar-refractivity contribution in [3.05, 3.63) is 58.6 Å². The Morgan fingerprint density at radius 1 is 1.17 bits per heavy atom. The molecule has 0 saturated heterocycles. The second-order valence-corrected chi connectivity index (χ2v) is 8.86. The lowest BCUT2D eigenvalue weighted by molar-refractivity contribution is 0.111. The highest BCUT2D eigenvalue weighted by Crippen LogP contribution is 2.21. The zero-order valence-corrected chi connectivity index (χ0v) is 17.3. The van der Waals surface area contributed by atoms with E-state index >= 15 is 0 Å². The number of benzene rings is 2. The maximum Gasteiger partial charge on any atom is 0.420 e. The number of aromatic nitrogens is 1. The summed E-state index contributed by atoms with van der Waals surface area (Å²) in [5, 5.41) is 10.0. The van der Waals surface area contributed by atoms with Gasteiger partial charge in [-0.25, -0.2) is 17.9 Å². The number of aryl methyl sites for hydroxylation is 1. The molecule has 9 heteroatoms. The Balaban J connectivity index is 1.65. The van der Waals surface area contributed by atoms with Crippen molar-refractivity contribution in [2.75, 3.05) is 13.2 Å². The number of sulfonamides is 1. The lowest BCUT2D eigenvalue weighted by Crippen LogP contribution is -2.35. The second-order valence-electron chi connectivity index (χ2n) is 7.09. The van der Waals surface area contributed by atoms with Gasteiger partial charge in [-0.15, -0.1) is 0 Å². The summed E-state index contributed by atoms with van der Waals surface area (Å²) >= 11 is 0. The molecule has 29 heavy (non-hydrogen) atoms. The van der Waals surface area contributed by atoms with Gasteiger partial charge < -0.3 is 14.3 Å². The Morgan fingerprint density at radius 3 is 2.52 bits per heavy atom. The molecule has 0 spiro atoms. The van der Waals surface area contributed by atoms with Crippen LogP contribution in [0, 0.1) is 6.92 Å². The van der Waals surface area contributed by atoms with Gasteiger partial charge in [-0.1, -0.05) is 17.7 Å². The average Bonchev–Trinajstić information content (AvgIpc) is 3.01. The molecule has 2 N–H and O–H groups in total. The third-order valence-corrected chi connectivity index (χ3v) is 5.81. The van der Waals surface area contributed by atoms with E-state index in [0.717, 1.165) is 5.56 Å². The van der Waals surface area contributed by atoms with Gasteiger partial charge in [0.2, 0.25) is 10.0 Å². The van der Waals surface area contributed by atoms with Crippen LogP contribution in [0.4, 0.5) is 0 Å². The maximum atomic E-state index is 12.5. The molecular formula is C20H24N2O6S. The van der Waals surface area contributed by atoms with Crippen LogP contribution in [-0.2, 0) is 10.0 Å². The zero-order chi connectivity index (χ0) is 21.2. The van der Waals surface area contributed by atoms with E-state index in [1.807, 2.05) is 32.9 Å². The van der Waals surface area contributed by atoms with E-state index in [1.54, 1.807) is 12.1 Å². The molecule has 1 unspecified atom stereocenters. The normalized spacial score (nSPS) is 13.1. The molecule has 0 aliphatic heterocycles. The van der Waals surface area contributed by atoms with Gasteiger partial charge in [0.15, 0.2) is 5.58 Å². The second kappa shape index (κ2) is 8.40. The van der Waals surface area contributed by atoms with Gasteiger partial charge in [0.1, 0.15) is 18.5 Å². The molecule has 0 aliphatic rings. The van der Waals surface area contributed by atoms with E-state index in [9.17, 15) is 18.3 Å². The van der Waals surface area contributed by atoms with Crippen molar-refractivity contribution < 1.29 is 22.7 Å². The molecule has 8 nitrogen and oxygen atoms in total. The first-order valence-electron chi connectivity index (χ1n) is 9.19. The molecule has 0 amide bonds. The summed E-state index contributed by atoms with van der Waals surface area (Å²) in [6.07, 6.45) is -1.03. The van der Waals surface area contributed by atoms with Gasteiger partial charge in [0.25, 0.3) is 0 Å². The number of nitrogens with one attached hydrogen (secondary N) is 1. The first-order valence-corrected chi connectivity index (χ1v) is 10.7. The van der Waals surface area contributed by atoms with Crippen molar-refractivity contribution in [3.8, 4) is 5.75 Å². The Kier molecular flexibility index (Phi) is 6.11. The van der Waals surface area contributed by atoms with Crippen LogP contribution in [0.3, 0.4) is 0 Å². The quantitative estimate of drug-likeness (QED) is 0.578. The van der Waals surface area contributed by atoms with Crippen LogP contribution < -0.4 is 15.2 Å². The summed E-state index contributed by atoms with van der Waals surface area (Å²) in [4.78, 5) is 11.9. The summed E-state index contributed by atoms with van der Waals surface area (Å²) in [5.41, 5.74) is 1.80. The first-order chi connectivity index (χ1) is 13.7. The molecule has 0 saturated carbocycles. The highest BCUT2D eigenvalue weighted by molar-refractivity contribution is 7.89. The SMILES string of the molecule is Cc1ccc(OCC(O)CNS(=O)(=O)c2ccc3c(c2)oc(=O)n3C(C)C)cc1. The predicted octanol–water partition coefficient (Wildman–Crippen LogP) is 2.20. The van der Waals surface area contributed by atoms with E-state index in [2.05, 4.69) is 4.72 Å². The third kappa shape index (κ3) is 4.87. The minimum absolute atomic E-state index is 0.0543. The van der Waals surface area contributed by atoms with Crippen molar-refractivity contribution in [1.82, 2.24) is 9.29 Å². The fourth-order valence-electron chi connectivity index (χ4n) is 2.85. The summed E-state index contributed by atoms with van der Waals surface area (Å²) < 4.78 is 39.5. The number of aliphatic hydroxyl groups is 1. The van der Waals surface area contributed by atoms with E-state index in [4.69, 9.17) is 9.15 Å². The van der Waals surface area contributed by atoms with Crippen LogP contribution in [0.1, 0.15) is 25.5 Å². The minimum Gasteiger partial charge on any atom is -0.491 e. The van der Waals surface area contributed by atoms with Crippen LogP contribution in [0.15, 0.2) is 56.6 Å². The van der Waals surface area contributed by atoms with Crippen molar-refractivity contribution in [1.29, 1.82) is 0 Å². The lowest BCUT2D eigenvalue weighted by atomic mass is 10.2. The number of fused-ring (bicyclic) bond motifs is 1.